The summed E-state index contributed by atoms with van der Waals surface area (Å²) in [6.45, 7) is 3.03. The van der Waals surface area contributed by atoms with Crippen molar-refractivity contribution in [1.29, 1.82) is 0 Å². The highest BCUT2D eigenvalue weighted by molar-refractivity contribution is 7.09. The van der Waals surface area contributed by atoms with Crippen molar-refractivity contribution in [2.75, 3.05) is 13.1 Å². The van der Waals surface area contributed by atoms with Gasteiger partial charge in [0.05, 0.1) is 24.1 Å². The van der Waals surface area contributed by atoms with Crippen molar-refractivity contribution < 1.29 is 9.90 Å². The van der Waals surface area contributed by atoms with Crippen molar-refractivity contribution >= 4 is 28.8 Å². The molecule has 2 atom stereocenters. The monoisotopic (exact) mass is 481 g/mol. The van der Waals surface area contributed by atoms with Gasteiger partial charge < -0.3 is 10.0 Å². The maximum atomic E-state index is 13.9. The molecule has 1 amide bonds. The second-order valence-electron chi connectivity index (χ2n) is 9.17. The molecule has 1 spiro atoms. The Balaban J connectivity index is 1.38. The number of aliphatic hydroxyl groups excluding tert-OH is 1. The molecule has 5 rings (SSSR count). The van der Waals surface area contributed by atoms with Crippen LogP contribution >= 0.6 is 22.9 Å². The first kappa shape index (κ1) is 22.5. The first-order valence-electron chi connectivity index (χ1n) is 11.4. The van der Waals surface area contributed by atoms with Gasteiger partial charge in [-0.1, -0.05) is 54.1 Å². The van der Waals surface area contributed by atoms with E-state index in [0.717, 1.165) is 48.6 Å². The number of nitrogens with zero attached hydrogens (tertiary/aromatic N) is 3. The van der Waals surface area contributed by atoms with E-state index in [9.17, 15) is 9.90 Å². The van der Waals surface area contributed by atoms with Crippen LogP contribution in [0.5, 0.6) is 0 Å². The van der Waals surface area contributed by atoms with E-state index in [-0.39, 0.29) is 11.9 Å². The predicted molar refractivity (Wildman–Crippen MR) is 131 cm³/mol. The minimum atomic E-state index is -0.720. The summed E-state index contributed by atoms with van der Waals surface area (Å²) in [7, 11) is 0. The van der Waals surface area contributed by atoms with Gasteiger partial charge >= 0.3 is 0 Å². The van der Waals surface area contributed by atoms with Gasteiger partial charge in [0.1, 0.15) is 5.01 Å². The van der Waals surface area contributed by atoms with Crippen LogP contribution in [-0.4, -0.2) is 44.9 Å². The lowest BCUT2D eigenvalue weighted by atomic mass is 9.75. The molecular formula is C26H28ClN3O2S. The Labute approximate surface area is 203 Å². The molecule has 2 aliphatic rings. The zero-order chi connectivity index (χ0) is 22.8. The summed E-state index contributed by atoms with van der Waals surface area (Å²) in [4.78, 5) is 22.6. The van der Waals surface area contributed by atoms with Crippen LogP contribution in [0.1, 0.15) is 41.5 Å². The van der Waals surface area contributed by atoms with Crippen molar-refractivity contribution in [3.8, 4) is 0 Å². The standard InChI is InChI=1S/C26H28ClN3O2S/c27-21-8-4-5-19(15-21)17-30-22(24(31)20-6-2-1-3-7-20)16-26(25(30)32)9-12-29(13-10-26)18-23-28-11-14-33-23/h1-8,11,14-15,22,24,31H,9-10,12-13,16-18H2/t22-,24+/m0/s1. The molecular weight excluding hydrogens is 454 g/mol. The molecule has 5 nitrogen and oxygen atoms in total. The number of hydrogen-bond donors (Lipinski definition) is 1. The van der Waals surface area contributed by atoms with Gasteiger partial charge in [-0.2, -0.15) is 0 Å². The molecule has 0 radical (unpaired) electrons. The number of benzene rings is 2. The van der Waals surface area contributed by atoms with E-state index in [1.54, 1.807) is 11.3 Å². The molecule has 1 aromatic heterocycles. The number of likely N-dealkylation sites (tertiary alicyclic amines) is 2. The Kier molecular flexibility index (Phi) is 6.52. The molecule has 0 bridgehead atoms. The van der Waals surface area contributed by atoms with Crippen molar-refractivity contribution in [3.63, 3.8) is 0 Å². The summed E-state index contributed by atoms with van der Waals surface area (Å²) in [5.74, 6) is 0.163. The largest absolute Gasteiger partial charge is 0.386 e. The summed E-state index contributed by atoms with van der Waals surface area (Å²) in [5, 5.41) is 15.1. The van der Waals surface area contributed by atoms with Crippen molar-refractivity contribution in [2.24, 2.45) is 5.41 Å². The third kappa shape index (κ3) is 4.71. The van der Waals surface area contributed by atoms with Gasteiger partial charge in [-0.05, 0) is 55.6 Å². The van der Waals surface area contributed by atoms with E-state index in [1.165, 1.54) is 0 Å². The number of carbonyl (C=O) groups is 1. The zero-order valence-electron chi connectivity index (χ0n) is 18.4. The maximum Gasteiger partial charge on any atom is 0.229 e. The Hall–Kier alpha value is -2.25. The number of halogens is 1. The molecule has 0 aliphatic carbocycles. The molecule has 2 aromatic carbocycles. The maximum absolute atomic E-state index is 13.9. The third-order valence-corrected chi connectivity index (χ3v) is 8.12. The molecule has 3 aromatic rings. The number of amides is 1. The number of aliphatic hydroxyl groups is 1. The SMILES string of the molecule is O=C1N(Cc2cccc(Cl)c2)[C@H]([C@H](O)c2ccccc2)CC12CCN(Cc1nccs1)CC2. The minimum absolute atomic E-state index is 0.163. The fourth-order valence-electron chi connectivity index (χ4n) is 5.31. The first-order chi connectivity index (χ1) is 16.0. The summed E-state index contributed by atoms with van der Waals surface area (Å²) < 4.78 is 0. The summed E-state index contributed by atoms with van der Waals surface area (Å²) in [6, 6.07) is 17.1. The van der Waals surface area contributed by atoms with Gasteiger partial charge in [0.15, 0.2) is 0 Å². The smallest absolute Gasteiger partial charge is 0.229 e. The summed E-state index contributed by atoms with van der Waals surface area (Å²) in [5.41, 5.74) is 1.42. The van der Waals surface area contributed by atoms with Gasteiger partial charge in [-0.3, -0.25) is 9.69 Å². The number of aromatic nitrogens is 1. The number of rotatable bonds is 6. The average Bonchev–Trinajstić information content (AvgIpc) is 3.43. The first-order valence-corrected chi connectivity index (χ1v) is 12.7. The molecule has 2 saturated heterocycles. The molecule has 172 valence electrons. The molecule has 3 heterocycles. The van der Waals surface area contributed by atoms with Crippen molar-refractivity contribution in [2.45, 2.75) is 44.5 Å². The normalized spacial score (nSPS) is 21.6. The Morgan fingerprint density at radius 3 is 2.61 bits per heavy atom. The lowest BCUT2D eigenvalue weighted by Gasteiger charge is -2.37. The number of hydrogen-bond acceptors (Lipinski definition) is 5. The fourth-order valence-corrected chi connectivity index (χ4v) is 6.18. The van der Waals surface area contributed by atoms with E-state index in [0.29, 0.717) is 18.0 Å². The third-order valence-electron chi connectivity index (χ3n) is 7.12. The molecule has 7 heteroatoms. The quantitative estimate of drug-likeness (QED) is 0.543. The predicted octanol–water partition coefficient (Wildman–Crippen LogP) is 4.91. The number of thiazole rings is 1. The van der Waals surface area contributed by atoms with Crippen LogP contribution in [0.25, 0.3) is 0 Å². The second kappa shape index (κ2) is 9.55. The Bertz CT molecular complexity index is 1080. The second-order valence-corrected chi connectivity index (χ2v) is 10.6. The topological polar surface area (TPSA) is 56.7 Å². The van der Waals surface area contributed by atoms with Gasteiger partial charge in [-0.25, -0.2) is 4.98 Å². The van der Waals surface area contributed by atoms with Crippen LogP contribution in [0.2, 0.25) is 5.02 Å². The zero-order valence-corrected chi connectivity index (χ0v) is 20.0. The van der Waals surface area contributed by atoms with E-state index < -0.39 is 11.5 Å². The van der Waals surface area contributed by atoms with Crippen LogP contribution in [0.3, 0.4) is 0 Å². The van der Waals surface area contributed by atoms with Gasteiger partial charge in [-0.15, -0.1) is 11.3 Å². The van der Waals surface area contributed by atoms with E-state index in [4.69, 9.17) is 11.6 Å². The Morgan fingerprint density at radius 1 is 1.12 bits per heavy atom. The molecule has 2 fully saturated rings. The highest BCUT2D eigenvalue weighted by atomic mass is 35.5. The van der Waals surface area contributed by atoms with E-state index in [1.807, 2.05) is 71.1 Å². The molecule has 33 heavy (non-hydrogen) atoms. The molecule has 2 aliphatic heterocycles. The lowest BCUT2D eigenvalue weighted by molar-refractivity contribution is -0.140. The van der Waals surface area contributed by atoms with E-state index in [2.05, 4.69) is 9.88 Å². The highest BCUT2D eigenvalue weighted by Gasteiger charge is 2.54. The minimum Gasteiger partial charge on any atom is -0.386 e. The van der Waals surface area contributed by atoms with Crippen molar-refractivity contribution in [1.82, 2.24) is 14.8 Å². The number of carbonyl (C=O) groups excluding carboxylic acids is 1. The summed E-state index contributed by atoms with van der Waals surface area (Å²) >= 11 is 7.89. The molecule has 0 unspecified atom stereocenters. The van der Waals surface area contributed by atoms with Gasteiger partial charge in [0.25, 0.3) is 0 Å². The Morgan fingerprint density at radius 2 is 1.91 bits per heavy atom. The van der Waals surface area contributed by atoms with Crippen LogP contribution in [0.15, 0.2) is 66.2 Å². The van der Waals surface area contributed by atoms with Gasteiger partial charge in [0.2, 0.25) is 5.91 Å². The van der Waals surface area contributed by atoms with E-state index >= 15 is 0 Å². The van der Waals surface area contributed by atoms with Crippen LogP contribution in [-0.2, 0) is 17.9 Å². The number of piperidine rings is 1. The average molecular weight is 482 g/mol. The van der Waals surface area contributed by atoms with Crippen LogP contribution in [0.4, 0.5) is 0 Å². The highest BCUT2D eigenvalue weighted by Crippen LogP contribution is 2.48. The molecule has 1 N–H and O–H groups in total. The lowest BCUT2D eigenvalue weighted by Crippen LogP contribution is -2.44. The fraction of sp³-hybridized carbons (Fsp3) is 0.385. The molecule has 0 saturated carbocycles. The van der Waals surface area contributed by atoms with Crippen LogP contribution in [0, 0.1) is 5.41 Å². The van der Waals surface area contributed by atoms with Gasteiger partial charge in [0, 0.05) is 23.1 Å². The van der Waals surface area contributed by atoms with Crippen LogP contribution < -0.4 is 0 Å². The summed E-state index contributed by atoms with van der Waals surface area (Å²) in [6.07, 6.45) is 3.41. The van der Waals surface area contributed by atoms with Crippen molar-refractivity contribution in [3.05, 3.63) is 87.3 Å².